The Labute approximate surface area is 85.3 Å². The van der Waals surface area contributed by atoms with Crippen LogP contribution in [0.25, 0.3) is 0 Å². The van der Waals surface area contributed by atoms with Gasteiger partial charge in [0.25, 0.3) is 5.79 Å². The van der Waals surface area contributed by atoms with Gasteiger partial charge in [-0.15, -0.1) is 0 Å². The molecule has 0 radical (unpaired) electrons. The summed E-state index contributed by atoms with van der Waals surface area (Å²) in [5, 5.41) is 17.6. The molecule has 0 atom stereocenters. The first-order valence-corrected chi connectivity index (χ1v) is 4.18. The molecule has 1 rings (SSSR count). The molecule has 0 aromatic carbocycles. The zero-order chi connectivity index (χ0) is 11.0. The Morgan fingerprint density at radius 2 is 1.79 bits per heavy atom. The van der Waals surface area contributed by atoms with Crippen molar-refractivity contribution >= 4 is 15.9 Å². The molecule has 78 valence electrons. The number of hydrogen-bond acceptors (Lipinski definition) is 3. The Kier molecular flexibility index (Phi) is 2.84. The van der Waals surface area contributed by atoms with E-state index in [1.54, 1.807) is 0 Å². The van der Waals surface area contributed by atoms with Gasteiger partial charge in [-0.2, -0.15) is 13.2 Å². The lowest BCUT2D eigenvalue weighted by Gasteiger charge is -2.24. The number of aliphatic hydroxyl groups is 2. The van der Waals surface area contributed by atoms with Crippen molar-refractivity contribution in [1.82, 2.24) is 4.98 Å². The van der Waals surface area contributed by atoms with Gasteiger partial charge in [-0.05, 0) is 28.1 Å². The van der Waals surface area contributed by atoms with Crippen LogP contribution in [0, 0.1) is 0 Å². The molecular formula is C7H5BrF3NO2. The van der Waals surface area contributed by atoms with Gasteiger partial charge in [0.05, 0.1) is 0 Å². The summed E-state index contributed by atoms with van der Waals surface area (Å²) < 4.78 is 36.5. The number of hydrogen-bond donors (Lipinski definition) is 2. The van der Waals surface area contributed by atoms with Crippen LogP contribution in [0.4, 0.5) is 13.2 Å². The zero-order valence-corrected chi connectivity index (χ0v) is 8.17. The fraction of sp³-hybridized carbons (Fsp3) is 0.286. The third-order valence-electron chi connectivity index (χ3n) is 1.53. The van der Waals surface area contributed by atoms with Crippen LogP contribution >= 0.6 is 15.9 Å². The number of nitrogens with zero attached hydrogens (tertiary/aromatic N) is 1. The van der Waals surface area contributed by atoms with Gasteiger partial charge in [0, 0.05) is 11.8 Å². The fourth-order valence-electron chi connectivity index (χ4n) is 0.746. The maximum absolute atomic E-state index is 12.1. The van der Waals surface area contributed by atoms with Gasteiger partial charge in [-0.1, -0.05) is 0 Å². The minimum absolute atomic E-state index is 0.305. The summed E-state index contributed by atoms with van der Waals surface area (Å²) in [6, 6.07) is 2.10. The molecular weight excluding hydrogens is 267 g/mol. The molecule has 7 heteroatoms. The Bertz CT molecular complexity index is 323. The van der Waals surface area contributed by atoms with Crippen molar-refractivity contribution < 1.29 is 23.4 Å². The highest BCUT2D eigenvalue weighted by Gasteiger charge is 2.54. The van der Waals surface area contributed by atoms with Gasteiger partial charge in [-0.25, -0.2) is 4.98 Å². The highest BCUT2D eigenvalue weighted by Crippen LogP contribution is 2.36. The van der Waals surface area contributed by atoms with Gasteiger partial charge in [0.15, 0.2) is 0 Å². The standard InChI is InChI=1S/C7H5BrF3NO2/c8-5-2-1-4(3-12-5)6(13,14)7(9,10)11/h1-3,13-14H. The molecule has 2 N–H and O–H groups in total. The van der Waals surface area contributed by atoms with Crippen molar-refractivity contribution in [2.24, 2.45) is 0 Å². The molecule has 3 nitrogen and oxygen atoms in total. The normalized spacial score (nSPS) is 13.0. The molecule has 0 spiro atoms. The van der Waals surface area contributed by atoms with Crippen LogP contribution < -0.4 is 0 Å². The first-order valence-electron chi connectivity index (χ1n) is 3.38. The average Bonchev–Trinajstić information content (AvgIpc) is 2.03. The molecule has 0 saturated carbocycles. The van der Waals surface area contributed by atoms with E-state index in [-0.39, 0.29) is 0 Å². The fourth-order valence-corrected chi connectivity index (χ4v) is 0.980. The lowest BCUT2D eigenvalue weighted by atomic mass is 10.1. The Morgan fingerprint density at radius 3 is 2.14 bits per heavy atom. The van der Waals surface area contributed by atoms with Gasteiger partial charge in [-0.3, -0.25) is 0 Å². The van der Waals surface area contributed by atoms with E-state index in [4.69, 9.17) is 10.2 Å². The second kappa shape index (κ2) is 3.48. The van der Waals surface area contributed by atoms with E-state index in [1.807, 2.05) is 0 Å². The quantitative estimate of drug-likeness (QED) is 0.602. The van der Waals surface area contributed by atoms with E-state index in [0.29, 0.717) is 4.60 Å². The van der Waals surface area contributed by atoms with Crippen LogP contribution in [0.5, 0.6) is 0 Å². The third kappa shape index (κ3) is 2.05. The summed E-state index contributed by atoms with van der Waals surface area (Å²) in [5.41, 5.74) is -0.729. The van der Waals surface area contributed by atoms with E-state index in [2.05, 4.69) is 20.9 Å². The molecule has 0 aliphatic carbocycles. The zero-order valence-electron chi connectivity index (χ0n) is 6.59. The van der Waals surface area contributed by atoms with E-state index in [0.717, 1.165) is 12.3 Å². The van der Waals surface area contributed by atoms with Crippen LogP contribution in [0.3, 0.4) is 0 Å². The van der Waals surface area contributed by atoms with Crippen molar-refractivity contribution in [2.75, 3.05) is 0 Å². The summed E-state index contributed by atoms with van der Waals surface area (Å²) in [7, 11) is 0. The second-order valence-corrected chi connectivity index (χ2v) is 3.35. The number of pyridine rings is 1. The van der Waals surface area contributed by atoms with Crippen LogP contribution in [0.15, 0.2) is 22.9 Å². The minimum atomic E-state index is -5.15. The molecule has 1 heterocycles. The first-order chi connectivity index (χ1) is 6.25. The molecule has 0 saturated heterocycles. The van der Waals surface area contributed by atoms with Crippen molar-refractivity contribution in [1.29, 1.82) is 0 Å². The van der Waals surface area contributed by atoms with Gasteiger partial charge in [0.1, 0.15) is 4.60 Å². The molecule has 0 unspecified atom stereocenters. The molecule has 0 fully saturated rings. The van der Waals surface area contributed by atoms with E-state index < -0.39 is 17.5 Å². The van der Waals surface area contributed by atoms with Crippen LogP contribution in [0.1, 0.15) is 5.56 Å². The first kappa shape index (κ1) is 11.4. The van der Waals surface area contributed by atoms with Crippen LogP contribution in [-0.4, -0.2) is 21.4 Å². The monoisotopic (exact) mass is 271 g/mol. The van der Waals surface area contributed by atoms with E-state index in [9.17, 15) is 13.2 Å². The Morgan fingerprint density at radius 1 is 1.21 bits per heavy atom. The molecule has 0 aliphatic heterocycles. The highest BCUT2D eigenvalue weighted by atomic mass is 79.9. The summed E-state index contributed by atoms with van der Waals surface area (Å²) in [6.45, 7) is 0. The molecule has 0 aliphatic rings. The highest BCUT2D eigenvalue weighted by molar-refractivity contribution is 9.10. The number of aromatic nitrogens is 1. The molecule has 1 aromatic rings. The Hall–Kier alpha value is -0.660. The maximum atomic E-state index is 12.1. The average molecular weight is 272 g/mol. The lowest BCUT2D eigenvalue weighted by Crippen LogP contribution is -2.42. The number of alkyl halides is 3. The molecule has 14 heavy (non-hydrogen) atoms. The van der Waals surface area contributed by atoms with Crippen molar-refractivity contribution in [3.63, 3.8) is 0 Å². The van der Waals surface area contributed by atoms with E-state index >= 15 is 0 Å². The van der Waals surface area contributed by atoms with Crippen molar-refractivity contribution in [3.05, 3.63) is 28.5 Å². The smallest absolute Gasteiger partial charge is 0.355 e. The SMILES string of the molecule is OC(O)(c1ccc(Br)nc1)C(F)(F)F. The second-order valence-electron chi connectivity index (χ2n) is 2.54. The summed E-state index contributed by atoms with van der Waals surface area (Å²) in [4.78, 5) is 3.46. The van der Waals surface area contributed by atoms with Crippen LogP contribution in [-0.2, 0) is 5.79 Å². The van der Waals surface area contributed by atoms with Gasteiger partial charge < -0.3 is 10.2 Å². The lowest BCUT2D eigenvalue weighted by molar-refractivity contribution is -0.358. The predicted molar refractivity (Wildman–Crippen MR) is 44.1 cm³/mol. The number of rotatable bonds is 1. The Balaban J connectivity index is 3.10. The maximum Gasteiger partial charge on any atom is 0.447 e. The third-order valence-corrected chi connectivity index (χ3v) is 1.99. The summed E-state index contributed by atoms with van der Waals surface area (Å²) in [5.74, 6) is -3.86. The summed E-state index contributed by atoms with van der Waals surface area (Å²) >= 11 is 2.91. The topological polar surface area (TPSA) is 53.4 Å². The summed E-state index contributed by atoms with van der Waals surface area (Å²) in [6.07, 6.45) is -4.42. The largest absolute Gasteiger partial charge is 0.447 e. The predicted octanol–water partition coefficient (Wildman–Crippen LogP) is 1.54. The molecule has 1 aromatic heterocycles. The van der Waals surface area contributed by atoms with Crippen molar-refractivity contribution in [2.45, 2.75) is 12.0 Å². The molecule has 0 bridgehead atoms. The number of halogens is 4. The van der Waals surface area contributed by atoms with Crippen LogP contribution in [0.2, 0.25) is 0 Å². The minimum Gasteiger partial charge on any atom is -0.355 e. The van der Waals surface area contributed by atoms with Crippen molar-refractivity contribution in [3.8, 4) is 0 Å². The van der Waals surface area contributed by atoms with Gasteiger partial charge >= 0.3 is 6.18 Å². The van der Waals surface area contributed by atoms with Gasteiger partial charge in [0.2, 0.25) is 0 Å². The van der Waals surface area contributed by atoms with E-state index in [1.165, 1.54) is 6.07 Å². The molecule has 0 amide bonds.